The fraction of sp³-hybridized carbons (Fsp3) is 0.333. The second kappa shape index (κ2) is 9.82. The zero-order valence-electron chi connectivity index (χ0n) is 17.4. The molecule has 6 nitrogen and oxygen atoms in total. The minimum atomic E-state index is -0.399. The lowest BCUT2D eigenvalue weighted by Gasteiger charge is -2.24. The number of aryl methyl sites for hydroxylation is 1. The molecular weight excluding hydrogens is 505 g/mol. The van der Waals surface area contributed by atoms with E-state index in [2.05, 4.69) is 33.2 Å². The number of benzene rings is 1. The first-order valence-corrected chi connectivity index (χ1v) is 11.7. The molecule has 162 valence electrons. The highest BCUT2D eigenvalue weighted by atomic mass is 127. The molecule has 2 N–H and O–H groups in total. The van der Waals surface area contributed by atoms with E-state index in [1.807, 2.05) is 54.1 Å². The van der Waals surface area contributed by atoms with Crippen molar-refractivity contribution in [2.24, 2.45) is 5.92 Å². The van der Waals surface area contributed by atoms with Crippen molar-refractivity contribution in [3.63, 3.8) is 0 Å². The Balaban J connectivity index is 1.68. The second-order valence-corrected chi connectivity index (χ2v) is 9.36. The lowest BCUT2D eigenvalue weighted by atomic mass is 9.99. The number of aromatic nitrogens is 1. The predicted octanol–water partition coefficient (Wildman–Crippen LogP) is 3.74. The van der Waals surface area contributed by atoms with Crippen LogP contribution in [0.5, 0.6) is 0 Å². The van der Waals surface area contributed by atoms with E-state index in [9.17, 15) is 9.59 Å². The first kappa shape index (κ1) is 21.8. The number of carbonyl (C=O) groups is 1. The number of dihydropyridines is 1. The van der Waals surface area contributed by atoms with Crippen LogP contribution in [0.4, 0.5) is 0 Å². The predicted molar refractivity (Wildman–Crippen MR) is 130 cm³/mol. The number of allylic oxidation sites excluding steroid dienone is 1. The molecule has 2 aliphatic heterocycles. The van der Waals surface area contributed by atoms with Crippen molar-refractivity contribution >= 4 is 28.5 Å². The molecule has 0 spiro atoms. The maximum absolute atomic E-state index is 13.3. The van der Waals surface area contributed by atoms with Gasteiger partial charge in [-0.2, -0.15) is 0 Å². The number of carbonyl (C=O) groups excluding carboxylic acids is 1. The molecule has 7 heteroatoms. The standard InChI is InChI=1S/C24H26IN3O3/c1-16-2-4-18(5-3-16)20-14-28(13-17-8-10-31-11-9-17)15-21(23(20)29)24(30)27-19-6-7-22(25)26-12-19/h2-7,12,14-15,17,22,26H,8-11,13H2,1H3,(H,27,30). The summed E-state index contributed by atoms with van der Waals surface area (Å²) < 4.78 is 7.64. The van der Waals surface area contributed by atoms with Crippen molar-refractivity contribution in [3.8, 4) is 11.1 Å². The van der Waals surface area contributed by atoms with Crippen LogP contribution in [-0.2, 0) is 11.3 Å². The van der Waals surface area contributed by atoms with Crippen LogP contribution in [-0.4, -0.2) is 27.7 Å². The van der Waals surface area contributed by atoms with Crippen molar-refractivity contribution < 1.29 is 9.53 Å². The molecule has 0 aliphatic carbocycles. The number of ether oxygens (including phenoxy) is 1. The van der Waals surface area contributed by atoms with Gasteiger partial charge in [-0.3, -0.25) is 9.59 Å². The van der Waals surface area contributed by atoms with Gasteiger partial charge in [0.15, 0.2) is 0 Å². The normalized spacial score (nSPS) is 18.9. The number of nitrogens with zero attached hydrogens (tertiary/aromatic N) is 1. The van der Waals surface area contributed by atoms with Gasteiger partial charge in [-0.25, -0.2) is 0 Å². The Morgan fingerprint density at radius 1 is 1.23 bits per heavy atom. The van der Waals surface area contributed by atoms with E-state index in [4.69, 9.17) is 4.74 Å². The Labute approximate surface area is 195 Å². The first-order chi connectivity index (χ1) is 15.0. The quantitative estimate of drug-likeness (QED) is 0.351. The molecule has 1 aromatic carbocycles. The molecule has 1 saturated heterocycles. The van der Waals surface area contributed by atoms with Crippen LogP contribution in [0.25, 0.3) is 11.1 Å². The summed E-state index contributed by atoms with van der Waals surface area (Å²) in [5, 5.41) is 5.99. The Morgan fingerprint density at radius 3 is 2.65 bits per heavy atom. The lowest BCUT2D eigenvalue weighted by molar-refractivity contribution is 0.0611. The fourth-order valence-electron chi connectivity index (χ4n) is 3.80. The van der Waals surface area contributed by atoms with Crippen LogP contribution in [0.1, 0.15) is 28.8 Å². The summed E-state index contributed by atoms with van der Waals surface area (Å²) >= 11 is 2.24. The number of alkyl halides is 1. The summed E-state index contributed by atoms with van der Waals surface area (Å²) in [6.45, 7) is 4.28. The molecule has 4 rings (SSSR count). The van der Waals surface area contributed by atoms with Crippen LogP contribution < -0.4 is 16.1 Å². The van der Waals surface area contributed by atoms with Gasteiger partial charge in [-0.15, -0.1) is 0 Å². The van der Waals surface area contributed by atoms with Crippen LogP contribution in [0.2, 0.25) is 0 Å². The van der Waals surface area contributed by atoms with Gasteiger partial charge in [0, 0.05) is 43.9 Å². The van der Waals surface area contributed by atoms with Gasteiger partial charge in [-0.1, -0.05) is 58.5 Å². The van der Waals surface area contributed by atoms with Crippen molar-refractivity contribution in [3.05, 3.63) is 82.1 Å². The summed E-state index contributed by atoms with van der Waals surface area (Å²) in [5.74, 6) is 0.0658. The average molecular weight is 531 g/mol. The number of rotatable bonds is 5. The highest BCUT2D eigenvalue weighted by Crippen LogP contribution is 2.21. The largest absolute Gasteiger partial charge is 0.381 e. The van der Waals surface area contributed by atoms with E-state index in [-0.39, 0.29) is 15.0 Å². The van der Waals surface area contributed by atoms with Crippen LogP contribution in [0, 0.1) is 12.8 Å². The molecule has 0 radical (unpaired) electrons. The van der Waals surface area contributed by atoms with E-state index in [0.717, 1.165) is 43.7 Å². The molecule has 1 unspecified atom stereocenters. The first-order valence-electron chi connectivity index (χ1n) is 10.5. The van der Waals surface area contributed by atoms with Gasteiger partial charge in [0.25, 0.3) is 5.91 Å². The molecule has 31 heavy (non-hydrogen) atoms. The summed E-state index contributed by atoms with van der Waals surface area (Å²) in [5.41, 5.74) is 3.00. The van der Waals surface area contributed by atoms with Crippen molar-refractivity contribution in [2.75, 3.05) is 13.2 Å². The van der Waals surface area contributed by atoms with Gasteiger partial charge in [0.1, 0.15) is 5.56 Å². The Morgan fingerprint density at radius 2 is 1.97 bits per heavy atom. The zero-order valence-corrected chi connectivity index (χ0v) is 19.6. The maximum atomic E-state index is 13.3. The molecule has 1 atom stereocenters. The van der Waals surface area contributed by atoms with Gasteiger partial charge in [0.05, 0.1) is 9.75 Å². The topological polar surface area (TPSA) is 72.4 Å². The maximum Gasteiger partial charge on any atom is 0.261 e. The van der Waals surface area contributed by atoms with Crippen LogP contribution in [0.3, 0.4) is 0 Å². The number of halogens is 1. The number of pyridine rings is 1. The third-order valence-electron chi connectivity index (χ3n) is 5.60. The van der Waals surface area contributed by atoms with Crippen LogP contribution in [0.15, 0.2) is 65.5 Å². The molecule has 0 saturated carbocycles. The Kier molecular flexibility index (Phi) is 6.92. The fourth-order valence-corrected chi connectivity index (χ4v) is 4.19. The van der Waals surface area contributed by atoms with Gasteiger partial charge < -0.3 is 19.9 Å². The van der Waals surface area contributed by atoms with Crippen molar-refractivity contribution in [1.29, 1.82) is 0 Å². The molecule has 0 bridgehead atoms. The molecule has 2 aliphatic rings. The summed E-state index contributed by atoms with van der Waals surface area (Å²) in [6.07, 6.45) is 11.1. The SMILES string of the molecule is Cc1ccc(-c2cn(CC3CCOCC3)cc(C(=O)NC3=CNC(I)C=C3)c2=O)cc1. The van der Waals surface area contributed by atoms with Gasteiger partial charge in [-0.05, 0) is 37.3 Å². The summed E-state index contributed by atoms with van der Waals surface area (Å²) in [6, 6.07) is 7.83. The van der Waals surface area contributed by atoms with E-state index >= 15 is 0 Å². The molecule has 2 aromatic rings. The highest BCUT2D eigenvalue weighted by Gasteiger charge is 2.20. The van der Waals surface area contributed by atoms with E-state index < -0.39 is 5.91 Å². The number of amides is 1. The molecular formula is C24H26IN3O3. The zero-order chi connectivity index (χ0) is 21.8. The molecule has 1 aromatic heterocycles. The minimum Gasteiger partial charge on any atom is -0.381 e. The number of nitrogens with one attached hydrogen (secondary N) is 2. The summed E-state index contributed by atoms with van der Waals surface area (Å²) in [4.78, 5) is 26.3. The Hall–Kier alpha value is -2.39. The third-order valence-corrected chi connectivity index (χ3v) is 6.37. The number of hydrogen-bond acceptors (Lipinski definition) is 4. The molecule has 1 fully saturated rings. The monoisotopic (exact) mass is 531 g/mol. The van der Waals surface area contributed by atoms with Crippen molar-refractivity contribution in [1.82, 2.24) is 15.2 Å². The summed E-state index contributed by atoms with van der Waals surface area (Å²) in [7, 11) is 0. The third kappa shape index (κ3) is 5.46. The second-order valence-electron chi connectivity index (χ2n) is 8.01. The lowest BCUT2D eigenvalue weighted by Crippen LogP contribution is -2.32. The van der Waals surface area contributed by atoms with Crippen LogP contribution >= 0.6 is 22.6 Å². The average Bonchev–Trinajstić information content (AvgIpc) is 2.78. The van der Waals surface area contributed by atoms with Gasteiger partial charge in [0.2, 0.25) is 5.43 Å². The smallest absolute Gasteiger partial charge is 0.261 e. The van der Waals surface area contributed by atoms with E-state index in [1.165, 1.54) is 0 Å². The van der Waals surface area contributed by atoms with E-state index in [0.29, 0.717) is 17.2 Å². The minimum absolute atomic E-state index is 0.149. The Bertz CT molecular complexity index is 1070. The van der Waals surface area contributed by atoms with Gasteiger partial charge >= 0.3 is 0 Å². The highest BCUT2D eigenvalue weighted by molar-refractivity contribution is 14.1. The molecule has 3 heterocycles. The van der Waals surface area contributed by atoms with Crippen molar-refractivity contribution in [2.45, 2.75) is 30.4 Å². The molecule has 1 amide bonds. The number of hydrogen-bond donors (Lipinski definition) is 2. The van der Waals surface area contributed by atoms with E-state index in [1.54, 1.807) is 12.4 Å².